The molecule has 9 nitrogen and oxygen atoms in total. The van der Waals surface area contributed by atoms with Gasteiger partial charge < -0.3 is 5.32 Å². The zero-order valence-electron chi connectivity index (χ0n) is 16.6. The molecule has 0 saturated heterocycles. The smallest absolute Gasteiger partial charge is 0.180 e. The number of aryl methyl sites for hydroxylation is 1. The highest BCUT2D eigenvalue weighted by Gasteiger charge is 2.11. The van der Waals surface area contributed by atoms with Crippen LogP contribution in [0.4, 0.5) is 5.82 Å². The fourth-order valence-electron chi connectivity index (χ4n) is 3.50. The number of hydrogen-bond acceptors (Lipinski definition) is 7. The maximum Gasteiger partial charge on any atom is 0.180 e. The van der Waals surface area contributed by atoms with Gasteiger partial charge in [-0.3, -0.25) is 0 Å². The predicted octanol–water partition coefficient (Wildman–Crippen LogP) is 3.37. The summed E-state index contributed by atoms with van der Waals surface area (Å²) in [6.45, 7) is 2.50. The van der Waals surface area contributed by atoms with Crippen molar-refractivity contribution in [3.05, 3.63) is 77.6 Å². The van der Waals surface area contributed by atoms with Crippen LogP contribution in [0.2, 0.25) is 0 Å². The van der Waals surface area contributed by atoms with Crippen LogP contribution >= 0.6 is 0 Å². The minimum absolute atomic E-state index is 0.455. The van der Waals surface area contributed by atoms with E-state index in [1.165, 1.54) is 6.20 Å². The highest BCUT2D eigenvalue weighted by molar-refractivity contribution is 5.80. The second-order valence-electron chi connectivity index (χ2n) is 7.03. The van der Waals surface area contributed by atoms with Crippen LogP contribution in [0.5, 0.6) is 0 Å². The van der Waals surface area contributed by atoms with E-state index in [2.05, 4.69) is 66.4 Å². The second kappa shape index (κ2) is 7.68. The van der Waals surface area contributed by atoms with E-state index >= 15 is 0 Å². The second-order valence-corrected chi connectivity index (χ2v) is 7.03. The van der Waals surface area contributed by atoms with Crippen LogP contribution in [0.25, 0.3) is 28.2 Å². The van der Waals surface area contributed by atoms with Crippen LogP contribution in [0.3, 0.4) is 0 Å². The van der Waals surface area contributed by atoms with Gasteiger partial charge in [-0.25, -0.2) is 10.1 Å². The largest absolute Gasteiger partial charge is 0.366 e. The number of nitriles is 1. The molecule has 9 heteroatoms. The molecule has 0 atom stereocenters. The number of nitrogens with one attached hydrogen (secondary N) is 2. The highest BCUT2D eigenvalue weighted by atomic mass is 15.5. The summed E-state index contributed by atoms with van der Waals surface area (Å²) in [4.78, 5) is 4.42. The SMILES string of the molecule is Cc1cc(NCc2ccc(-c3ccccc3-c3nnn[nH]3)cc2)n2ncc(C#N)c2n1. The lowest BCUT2D eigenvalue weighted by molar-refractivity contribution is 0.881. The van der Waals surface area contributed by atoms with Gasteiger partial charge in [-0.05, 0) is 34.0 Å². The Labute approximate surface area is 177 Å². The van der Waals surface area contributed by atoms with Crippen molar-refractivity contribution < 1.29 is 0 Å². The molecule has 3 heterocycles. The van der Waals surface area contributed by atoms with E-state index in [1.54, 1.807) is 4.52 Å². The fraction of sp³-hybridized carbons (Fsp3) is 0.0909. The fourth-order valence-corrected chi connectivity index (χ4v) is 3.50. The van der Waals surface area contributed by atoms with Crippen LogP contribution in [-0.2, 0) is 6.54 Å². The van der Waals surface area contributed by atoms with E-state index in [0.717, 1.165) is 33.8 Å². The minimum atomic E-state index is 0.455. The molecule has 0 fully saturated rings. The molecule has 2 aromatic carbocycles. The number of aromatic nitrogens is 7. The summed E-state index contributed by atoms with van der Waals surface area (Å²) in [5.74, 6) is 1.42. The number of fused-ring (bicyclic) bond motifs is 1. The molecule has 0 spiro atoms. The Morgan fingerprint density at radius 1 is 1.10 bits per heavy atom. The van der Waals surface area contributed by atoms with Gasteiger partial charge in [-0.15, -0.1) is 5.10 Å². The maximum absolute atomic E-state index is 9.24. The monoisotopic (exact) mass is 407 g/mol. The van der Waals surface area contributed by atoms with Crippen molar-refractivity contribution in [3.8, 4) is 28.6 Å². The van der Waals surface area contributed by atoms with Gasteiger partial charge in [0.05, 0.1) is 6.20 Å². The molecule has 0 aliphatic rings. The Bertz CT molecular complexity index is 1390. The third kappa shape index (κ3) is 3.47. The summed E-state index contributed by atoms with van der Waals surface area (Å²) in [7, 11) is 0. The molecule has 0 radical (unpaired) electrons. The zero-order valence-corrected chi connectivity index (χ0v) is 16.6. The zero-order chi connectivity index (χ0) is 21.2. The standard InChI is InChI=1S/C22H17N9/c1-14-10-20(31-22(26-14)17(11-23)13-25-31)24-12-15-6-8-16(9-7-15)18-4-2-3-5-19(18)21-27-29-30-28-21/h2-10,13,24H,12H2,1H3,(H,27,28,29,30). The summed E-state index contributed by atoms with van der Waals surface area (Å²) >= 11 is 0. The first-order chi connectivity index (χ1) is 15.2. The summed E-state index contributed by atoms with van der Waals surface area (Å²) < 4.78 is 1.65. The molecule has 0 amide bonds. The van der Waals surface area contributed by atoms with Crippen LogP contribution in [0.15, 0.2) is 60.8 Å². The van der Waals surface area contributed by atoms with Gasteiger partial charge in [-0.2, -0.15) is 14.9 Å². The first kappa shape index (κ1) is 18.4. The molecule has 0 aliphatic carbocycles. The van der Waals surface area contributed by atoms with E-state index in [0.29, 0.717) is 23.6 Å². The van der Waals surface area contributed by atoms with Crippen molar-refractivity contribution in [1.82, 2.24) is 35.2 Å². The predicted molar refractivity (Wildman–Crippen MR) is 115 cm³/mol. The Balaban J connectivity index is 1.39. The molecule has 3 aromatic heterocycles. The Morgan fingerprint density at radius 2 is 1.90 bits per heavy atom. The third-order valence-electron chi connectivity index (χ3n) is 4.99. The number of aromatic amines is 1. The lowest BCUT2D eigenvalue weighted by atomic mass is 9.98. The van der Waals surface area contributed by atoms with Gasteiger partial charge in [0.25, 0.3) is 0 Å². The number of tetrazole rings is 1. The van der Waals surface area contributed by atoms with Crippen molar-refractivity contribution >= 4 is 11.5 Å². The van der Waals surface area contributed by atoms with Crippen molar-refractivity contribution in [1.29, 1.82) is 5.26 Å². The summed E-state index contributed by atoms with van der Waals surface area (Å²) in [6.07, 6.45) is 1.53. The van der Waals surface area contributed by atoms with Crippen molar-refractivity contribution in [2.75, 3.05) is 5.32 Å². The van der Waals surface area contributed by atoms with Gasteiger partial charge in [-0.1, -0.05) is 48.5 Å². The van der Waals surface area contributed by atoms with Crippen LogP contribution in [-0.4, -0.2) is 35.2 Å². The van der Waals surface area contributed by atoms with E-state index in [1.807, 2.05) is 37.3 Å². The molecule has 5 aromatic rings. The summed E-state index contributed by atoms with van der Waals surface area (Å²) in [5, 5.41) is 31.1. The highest BCUT2D eigenvalue weighted by Crippen LogP contribution is 2.29. The molecule has 5 rings (SSSR count). The van der Waals surface area contributed by atoms with Gasteiger partial charge in [0, 0.05) is 23.9 Å². The summed E-state index contributed by atoms with van der Waals surface area (Å²) in [5.41, 5.74) is 6.01. The number of benzene rings is 2. The number of H-pyrrole nitrogens is 1. The average molecular weight is 407 g/mol. The van der Waals surface area contributed by atoms with Crippen LogP contribution in [0, 0.1) is 18.3 Å². The number of nitrogens with zero attached hydrogens (tertiary/aromatic N) is 7. The Hall–Kier alpha value is -4.58. The molecule has 31 heavy (non-hydrogen) atoms. The molecule has 0 bridgehead atoms. The molecular weight excluding hydrogens is 390 g/mol. The lowest BCUT2D eigenvalue weighted by Crippen LogP contribution is -2.07. The van der Waals surface area contributed by atoms with Crippen molar-refractivity contribution in [3.63, 3.8) is 0 Å². The minimum Gasteiger partial charge on any atom is -0.366 e. The Kier molecular flexibility index (Phi) is 4.57. The van der Waals surface area contributed by atoms with E-state index in [9.17, 15) is 5.26 Å². The lowest BCUT2D eigenvalue weighted by Gasteiger charge is -2.11. The number of anilines is 1. The van der Waals surface area contributed by atoms with Gasteiger partial charge in [0.15, 0.2) is 11.5 Å². The van der Waals surface area contributed by atoms with Crippen molar-refractivity contribution in [2.24, 2.45) is 0 Å². The van der Waals surface area contributed by atoms with Gasteiger partial charge in [0.1, 0.15) is 17.5 Å². The van der Waals surface area contributed by atoms with Crippen LogP contribution < -0.4 is 5.32 Å². The third-order valence-corrected chi connectivity index (χ3v) is 4.99. The normalized spacial score (nSPS) is 10.8. The summed E-state index contributed by atoms with van der Waals surface area (Å²) in [6, 6.07) is 20.3. The number of rotatable bonds is 5. The van der Waals surface area contributed by atoms with Gasteiger partial charge in [0.2, 0.25) is 0 Å². The topological polar surface area (TPSA) is 120 Å². The first-order valence-corrected chi connectivity index (χ1v) is 9.65. The van der Waals surface area contributed by atoms with E-state index in [4.69, 9.17) is 0 Å². The maximum atomic E-state index is 9.24. The van der Waals surface area contributed by atoms with Crippen LogP contribution in [0.1, 0.15) is 16.8 Å². The first-order valence-electron chi connectivity index (χ1n) is 9.65. The van der Waals surface area contributed by atoms with E-state index < -0.39 is 0 Å². The van der Waals surface area contributed by atoms with E-state index in [-0.39, 0.29) is 0 Å². The van der Waals surface area contributed by atoms with Crippen molar-refractivity contribution in [2.45, 2.75) is 13.5 Å². The molecule has 0 aliphatic heterocycles. The molecule has 150 valence electrons. The van der Waals surface area contributed by atoms with Gasteiger partial charge >= 0.3 is 0 Å². The molecular formula is C22H17N9. The molecule has 0 unspecified atom stereocenters. The number of hydrogen-bond donors (Lipinski definition) is 2. The molecule has 2 N–H and O–H groups in total. The Morgan fingerprint density at radius 3 is 2.65 bits per heavy atom. The molecule has 0 saturated carbocycles. The average Bonchev–Trinajstić information content (AvgIpc) is 3.48. The quantitative estimate of drug-likeness (QED) is 0.458.